The fraction of sp³-hybridized carbons (Fsp3) is 1.00. The Morgan fingerprint density at radius 3 is 2.07 bits per heavy atom. The minimum Gasteiger partial charge on any atom is -0.330 e. The number of hydrogen-bond donors (Lipinski definition) is 1. The summed E-state index contributed by atoms with van der Waals surface area (Å²) >= 11 is 11.6. The van der Waals surface area contributed by atoms with E-state index in [1.165, 1.54) is 32.1 Å². The minimum absolute atomic E-state index is 0.0831. The van der Waals surface area contributed by atoms with Gasteiger partial charge in [-0.05, 0) is 25.8 Å². The van der Waals surface area contributed by atoms with Crippen molar-refractivity contribution in [2.75, 3.05) is 6.54 Å². The van der Waals surface area contributed by atoms with Crippen molar-refractivity contribution in [3.63, 3.8) is 0 Å². The maximum Gasteiger partial charge on any atom is 0.103 e. The lowest BCUT2D eigenvalue weighted by Gasteiger charge is -2.25. The summed E-state index contributed by atoms with van der Waals surface area (Å²) in [6, 6.07) is 0. The molecule has 14 heavy (non-hydrogen) atoms. The molecule has 0 bridgehead atoms. The zero-order chi connectivity index (χ0) is 10.4. The van der Waals surface area contributed by atoms with Crippen molar-refractivity contribution < 1.29 is 0 Å². The molecule has 1 spiro atoms. The summed E-state index contributed by atoms with van der Waals surface area (Å²) < 4.78 is 0.266. The van der Waals surface area contributed by atoms with Crippen LogP contribution in [0.15, 0.2) is 0 Å². The van der Waals surface area contributed by atoms with Crippen molar-refractivity contribution in [2.45, 2.75) is 46.1 Å². The van der Waals surface area contributed by atoms with Crippen LogP contribution in [-0.2, 0) is 0 Å². The van der Waals surface area contributed by atoms with Gasteiger partial charge in [0, 0.05) is 5.41 Å². The summed E-state index contributed by atoms with van der Waals surface area (Å²) in [7, 11) is 0. The van der Waals surface area contributed by atoms with Gasteiger partial charge in [0.05, 0.1) is 4.32 Å². The molecule has 2 fully saturated rings. The zero-order valence-corrected chi connectivity index (χ0v) is 12.9. The molecule has 0 aromatic rings. The van der Waals surface area contributed by atoms with Gasteiger partial charge in [0.1, 0.15) is 3.23 Å². The van der Waals surface area contributed by atoms with Gasteiger partial charge in [-0.3, -0.25) is 0 Å². The maximum absolute atomic E-state index is 5.69. The van der Waals surface area contributed by atoms with E-state index >= 15 is 0 Å². The van der Waals surface area contributed by atoms with Gasteiger partial charge in [0.2, 0.25) is 0 Å². The summed E-state index contributed by atoms with van der Waals surface area (Å²) in [6.45, 7) is 0.756. The van der Waals surface area contributed by atoms with Crippen LogP contribution in [0.25, 0.3) is 0 Å². The van der Waals surface area contributed by atoms with E-state index in [9.17, 15) is 0 Å². The van der Waals surface area contributed by atoms with Gasteiger partial charge in [0.15, 0.2) is 0 Å². The third-order valence-electron chi connectivity index (χ3n) is 3.99. The molecule has 2 rings (SSSR count). The molecule has 1 nitrogen and oxygen atoms in total. The van der Waals surface area contributed by atoms with Gasteiger partial charge in [0.25, 0.3) is 0 Å². The maximum atomic E-state index is 5.69. The Morgan fingerprint density at radius 2 is 1.57 bits per heavy atom. The normalized spacial score (nSPS) is 38.6. The second-order valence-electron chi connectivity index (χ2n) is 4.56. The van der Waals surface area contributed by atoms with Crippen molar-refractivity contribution in [3.05, 3.63) is 0 Å². The number of halogens is 3. The van der Waals surface area contributed by atoms with E-state index in [1.807, 2.05) is 0 Å². The molecule has 4 heteroatoms. The van der Waals surface area contributed by atoms with Gasteiger partial charge in [-0.25, -0.2) is 0 Å². The number of alkyl halides is 3. The summed E-state index contributed by atoms with van der Waals surface area (Å²) in [5, 5.41) is 0. The van der Waals surface area contributed by atoms with Gasteiger partial charge in [-0.2, -0.15) is 0 Å². The molecule has 1 unspecified atom stereocenters. The predicted molar refractivity (Wildman–Crippen MR) is 71.4 cm³/mol. The molecule has 0 aromatic heterocycles. The Bertz CT molecular complexity index is 236. The quantitative estimate of drug-likeness (QED) is 0.712. The Labute approximate surface area is 111 Å². The second-order valence-corrected chi connectivity index (χ2v) is 9.35. The van der Waals surface area contributed by atoms with Gasteiger partial charge < -0.3 is 5.73 Å². The lowest BCUT2D eigenvalue weighted by atomic mass is 9.84. The van der Waals surface area contributed by atoms with Crippen LogP contribution in [0.5, 0.6) is 0 Å². The molecule has 0 aliphatic heterocycles. The van der Waals surface area contributed by atoms with E-state index in [0.29, 0.717) is 5.41 Å². The van der Waals surface area contributed by atoms with E-state index < -0.39 is 0 Å². The van der Waals surface area contributed by atoms with Crippen LogP contribution in [0.4, 0.5) is 0 Å². The first-order valence-corrected chi connectivity index (χ1v) is 7.66. The molecule has 2 N–H and O–H groups in total. The number of rotatable bonds is 2. The molecule has 1 atom stereocenters. The minimum atomic E-state index is 0.0831. The first-order valence-electron chi connectivity index (χ1n) is 5.29. The number of nitrogens with two attached hydrogens (primary N) is 1. The molecule has 0 saturated heterocycles. The molecule has 0 radical (unpaired) electrons. The van der Waals surface area contributed by atoms with Crippen LogP contribution in [0.2, 0.25) is 0 Å². The fourth-order valence-corrected chi connectivity index (χ4v) is 7.25. The summed E-state index contributed by atoms with van der Waals surface area (Å²) in [5.41, 5.74) is 6.09. The van der Waals surface area contributed by atoms with Crippen molar-refractivity contribution in [3.8, 4) is 0 Å². The van der Waals surface area contributed by atoms with Crippen LogP contribution in [-0.4, -0.2) is 14.1 Å². The van der Waals surface area contributed by atoms with Gasteiger partial charge >= 0.3 is 0 Å². The molecule has 82 valence electrons. The SMILES string of the molecule is NCCC1(Br)C(Br)(Br)C12CCCCC2. The molecule has 0 amide bonds. The lowest BCUT2D eigenvalue weighted by molar-refractivity contribution is 0.316. The van der Waals surface area contributed by atoms with Gasteiger partial charge in [-0.15, -0.1) is 0 Å². The Morgan fingerprint density at radius 1 is 1.00 bits per heavy atom. The largest absolute Gasteiger partial charge is 0.330 e. The average Bonchev–Trinajstić information content (AvgIpc) is 2.49. The predicted octanol–water partition coefficient (Wildman–Crippen LogP) is 3.92. The van der Waals surface area contributed by atoms with Crippen LogP contribution in [0, 0.1) is 5.41 Å². The summed E-state index contributed by atoms with van der Waals surface area (Å²) in [6.07, 6.45) is 7.78. The third-order valence-corrected chi connectivity index (χ3v) is 9.68. The molecule has 0 aromatic carbocycles. The molecule has 2 saturated carbocycles. The van der Waals surface area contributed by atoms with Crippen molar-refractivity contribution in [1.29, 1.82) is 0 Å². The molecule has 2 aliphatic rings. The van der Waals surface area contributed by atoms with Crippen molar-refractivity contribution >= 4 is 47.8 Å². The molecule has 2 aliphatic carbocycles. The van der Waals surface area contributed by atoms with Crippen LogP contribution >= 0.6 is 47.8 Å². The number of hydrogen-bond acceptors (Lipinski definition) is 1. The van der Waals surface area contributed by atoms with Gasteiger partial charge in [-0.1, -0.05) is 67.1 Å². The lowest BCUT2D eigenvalue weighted by Crippen LogP contribution is -2.20. The van der Waals surface area contributed by atoms with Crippen molar-refractivity contribution in [2.24, 2.45) is 11.1 Å². The highest BCUT2D eigenvalue weighted by molar-refractivity contribution is 9.26. The Hall–Kier alpha value is 1.40. The van der Waals surface area contributed by atoms with Crippen molar-refractivity contribution in [1.82, 2.24) is 0 Å². The fourth-order valence-electron chi connectivity index (χ4n) is 3.09. The average molecular weight is 390 g/mol. The van der Waals surface area contributed by atoms with Crippen LogP contribution in [0.1, 0.15) is 38.5 Å². The van der Waals surface area contributed by atoms with Crippen LogP contribution < -0.4 is 5.73 Å². The highest BCUT2D eigenvalue weighted by Crippen LogP contribution is 2.83. The van der Waals surface area contributed by atoms with Crippen LogP contribution in [0.3, 0.4) is 0 Å². The standard InChI is InChI=1S/C10H16Br3N/c11-9(6-7-14)8(10(9,12)13)4-2-1-3-5-8/h1-7,14H2. The first kappa shape index (κ1) is 11.9. The smallest absolute Gasteiger partial charge is 0.103 e. The summed E-state index contributed by atoms with van der Waals surface area (Å²) in [4.78, 5) is 0. The highest BCUT2D eigenvalue weighted by Gasteiger charge is 2.82. The zero-order valence-electron chi connectivity index (χ0n) is 8.16. The van der Waals surface area contributed by atoms with E-state index in [-0.39, 0.29) is 7.56 Å². The molecular weight excluding hydrogens is 374 g/mol. The summed E-state index contributed by atoms with van der Waals surface area (Å²) in [5.74, 6) is 0. The van der Waals surface area contributed by atoms with E-state index in [1.54, 1.807) is 0 Å². The Balaban J connectivity index is 2.20. The third kappa shape index (κ3) is 1.26. The van der Waals surface area contributed by atoms with E-state index in [2.05, 4.69) is 47.8 Å². The molecular formula is C10H16Br3N. The molecule has 0 heterocycles. The monoisotopic (exact) mass is 387 g/mol. The highest BCUT2D eigenvalue weighted by atomic mass is 79.9. The topological polar surface area (TPSA) is 26.0 Å². The second kappa shape index (κ2) is 3.71. The van der Waals surface area contributed by atoms with E-state index in [4.69, 9.17) is 5.73 Å². The van der Waals surface area contributed by atoms with E-state index in [0.717, 1.165) is 13.0 Å². The Kier molecular flexibility index (Phi) is 3.15. The first-order chi connectivity index (χ1) is 6.52.